The summed E-state index contributed by atoms with van der Waals surface area (Å²) in [6.45, 7) is 14.2. The van der Waals surface area contributed by atoms with Crippen LogP contribution in [-0.4, -0.2) is 118 Å². The second-order valence-electron chi connectivity index (χ2n) is 15.4. The minimum atomic E-state index is -0.885. The fraction of sp³-hybridized carbons (Fsp3) is 0.732. The maximum atomic E-state index is 14.2. The van der Waals surface area contributed by atoms with Crippen LogP contribution in [0, 0.1) is 29.6 Å². The minimum absolute atomic E-state index is 0.00519. The van der Waals surface area contributed by atoms with Crippen LogP contribution in [0.2, 0.25) is 0 Å². The van der Waals surface area contributed by atoms with E-state index in [1.165, 1.54) is 14.2 Å². The SMILES string of the molecule is CC[C@H](C)[C@@H]([C@@H](CC(=O)N1CCC[C@H]1[C@H](OC)[C@@H](C)C(=O)NC(Cc1ccccc1)C(=O)OC)OC)N(C)C(=O)[C@@H](CC(=O)[C@@H](NC)C(C)C)C(C)C. The van der Waals surface area contributed by atoms with Crippen molar-refractivity contribution in [2.45, 2.75) is 123 Å². The number of carbonyl (C=O) groups is 5. The molecule has 9 atom stereocenters. The van der Waals surface area contributed by atoms with Gasteiger partial charge in [-0.3, -0.25) is 19.2 Å². The number of esters is 1. The Balaban J connectivity index is 2.27. The van der Waals surface area contributed by atoms with Crippen LogP contribution in [-0.2, 0) is 44.6 Å². The van der Waals surface area contributed by atoms with Crippen molar-refractivity contribution >= 4 is 29.5 Å². The fourth-order valence-corrected chi connectivity index (χ4v) is 7.87. The number of hydrogen-bond acceptors (Lipinski definition) is 9. The third kappa shape index (κ3) is 12.3. The highest BCUT2D eigenvalue weighted by atomic mass is 16.5. The van der Waals surface area contributed by atoms with Crippen molar-refractivity contribution in [1.82, 2.24) is 20.4 Å². The van der Waals surface area contributed by atoms with Gasteiger partial charge in [0.2, 0.25) is 17.7 Å². The highest BCUT2D eigenvalue weighted by molar-refractivity contribution is 5.90. The number of ketones is 1. The topological polar surface area (TPSA) is 144 Å². The van der Waals surface area contributed by atoms with Crippen molar-refractivity contribution in [3.05, 3.63) is 35.9 Å². The average Bonchev–Trinajstić information content (AvgIpc) is 3.62. The van der Waals surface area contributed by atoms with Crippen LogP contribution >= 0.6 is 0 Å². The minimum Gasteiger partial charge on any atom is -0.467 e. The molecule has 3 amide bonds. The van der Waals surface area contributed by atoms with Gasteiger partial charge in [-0.25, -0.2) is 4.79 Å². The van der Waals surface area contributed by atoms with E-state index in [-0.39, 0.29) is 72.6 Å². The molecule has 1 unspecified atom stereocenters. The van der Waals surface area contributed by atoms with Gasteiger partial charge in [0.1, 0.15) is 6.04 Å². The van der Waals surface area contributed by atoms with Crippen LogP contribution in [0.15, 0.2) is 30.3 Å². The Morgan fingerprint density at radius 1 is 0.925 bits per heavy atom. The summed E-state index contributed by atoms with van der Waals surface area (Å²) in [5.41, 5.74) is 0.879. The molecule has 1 aromatic carbocycles. The first kappa shape index (κ1) is 45.8. The monoisotopic (exact) mass is 745 g/mol. The second-order valence-corrected chi connectivity index (χ2v) is 15.4. The van der Waals surface area contributed by atoms with Gasteiger partial charge in [-0.2, -0.15) is 0 Å². The van der Waals surface area contributed by atoms with Gasteiger partial charge in [0.25, 0.3) is 0 Å². The molecule has 0 aliphatic carbocycles. The molecule has 1 saturated heterocycles. The third-order valence-electron chi connectivity index (χ3n) is 11.2. The van der Waals surface area contributed by atoms with E-state index < -0.39 is 42.1 Å². The van der Waals surface area contributed by atoms with E-state index >= 15 is 0 Å². The molecule has 2 rings (SSSR count). The summed E-state index contributed by atoms with van der Waals surface area (Å²) < 4.78 is 16.9. The summed E-state index contributed by atoms with van der Waals surface area (Å²) >= 11 is 0. The number of ether oxygens (including phenoxy) is 3. The molecule has 300 valence electrons. The van der Waals surface area contributed by atoms with Crippen LogP contribution in [0.3, 0.4) is 0 Å². The van der Waals surface area contributed by atoms with E-state index in [0.717, 1.165) is 18.4 Å². The smallest absolute Gasteiger partial charge is 0.328 e. The van der Waals surface area contributed by atoms with E-state index in [1.54, 1.807) is 37.9 Å². The van der Waals surface area contributed by atoms with Crippen LogP contribution in [0.4, 0.5) is 0 Å². The first-order valence-corrected chi connectivity index (χ1v) is 19.3. The van der Waals surface area contributed by atoms with Crippen molar-refractivity contribution in [3.63, 3.8) is 0 Å². The highest BCUT2D eigenvalue weighted by Crippen LogP contribution is 2.31. The van der Waals surface area contributed by atoms with Gasteiger partial charge in [-0.15, -0.1) is 0 Å². The van der Waals surface area contributed by atoms with Gasteiger partial charge in [-0.05, 0) is 43.2 Å². The summed E-state index contributed by atoms with van der Waals surface area (Å²) in [5, 5.41) is 5.97. The zero-order valence-corrected chi connectivity index (χ0v) is 34.3. The van der Waals surface area contributed by atoms with Gasteiger partial charge in [0.05, 0.1) is 49.8 Å². The number of rotatable bonds is 22. The average molecular weight is 745 g/mol. The zero-order chi connectivity index (χ0) is 40.0. The lowest BCUT2D eigenvalue weighted by Gasteiger charge is -2.41. The van der Waals surface area contributed by atoms with Crippen LogP contribution in [0.25, 0.3) is 0 Å². The van der Waals surface area contributed by atoms with Gasteiger partial charge in [0, 0.05) is 46.6 Å². The standard InChI is InChI=1S/C41H68N4O8/c1-13-27(6)37(44(9)40(49)30(25(2)3)23-33(46)36(42-8)26(4)5)34(51-10)24-35(47)45-21-17-20-32(45)38(52-11)28(7)39(48)43-31(41(50)53-12)22-29-18-15-14-16-19-29/h14-16,18-19,25-28,30-32,34,36-38,42H,13,17,20-24H2,1-12H3,(H,43,48)/t27-,28+,30-,31?,32-,34+,36-,37-,38+/m0/s1. The molecule has 12 heteroatoms. The summed E-state index contributed by atoms with van der Waals surface area (Å²) in [6, 6.07) is 7.36. The predicted octanol–water partition coefficient (Wildman–Crippen LogP) is 4.28. The Hall–Kier alpha value is -3.35. The number of likely N-dealkylation sites (tertiary alicyclic amines) is 1. The molecule has 0 saturated carbocycles. The maximum absolute atomic E-state index is 14.2. The maximum Gasteiger partial charge on any atom is 0.328 e. The number of benzene rings is 1. The third-order valence-corrected chi connectivity index (χ3v) is 11.2. The molecule has 53 heavy (non-hydrogen) atoms. The van der Waals surface area contributed by atoms with E-state index in [2.05, 4.69) is 17.6 Å². The van der Waals surface area contributed by atoms with E-state index in [0.29, 0.717) is 13.0 Å². The summed E-state index contributed by atoms with van der Waals surface area (Å²) in [6.07, 6.45) is 1.30. The van der Waals surface area contributed by atoms with Crippen molar-refractivity contribution in [1.29, 1.82) is 0 Å². The van der Waals surface area contributed by atoms with Gasteiger partial charge < -0.3 is 34.6 Å². The first-order chi connectivity index (χ1) is 25.1. The highest BCUT2D eigenvalue weighted by Gasteiger charge is 2.43. The fourth-order valence-electron chi connectivity index (χ4n) is 7.87. The molecule has 1 heterocycles. The Labute approximate surface area is 318 Å². The summed E-state index contributed by atoms with van der Waals surface area (Å²) in [5.74, 6) is -2.40. The van der Waals surface area contributed by atoms with Crippen LogP contribution in [0.5, 0.6) is 0 Å². The Morgan fingerprint density at radius 3 is 2.08 bits per heavy atom. The number of likely N-dealkylation sites (N-methyl/N-ethyl adjacent to an activating group) is 2. The van der Waals surface area contributed by atoms with E-state index in [4.69, 9.17) is 14.2 Å². The Kier molecular flexibility index (Phi) is 19.1. The van der Waals surface area contributed by atoms with Crippen molar-refractivity contribution in [2.24, 2.45) is 29.6 Å². The molecule has 0 aromatic heterocycles. The number of methoxy groups -OCH3 is 3. The molecular formula is C41H68N4O8. The Bertz CT molecular complexity index is 1320. The lowest BCUT2D eigenvalue weighted by molar-refractivity contribution is -0.149. The molecular weight excluding hydrogens is 676 g/mol. The molecule has 12 nitrogen and oxygen atoms in total. The molecule has 1 aliphatic rings. The molecule has 1 aromatic rings. The largest absolute Gasteiger partial charge is 0.467 e. The van der Waals surface area contributed by atoms with Crippen LogP contribution in [0.1, 0.15) is 86.1 Å². The zero-order valence-electron chi connectivity index (χ0n) is 34.3. The Morgan fingerprint density at radius 2 is 1.57 bits per heavy atom. The lowest BCUT2D eigenvalue weighted by atomic mass is 9.84. The number of nitrogens with zero attached hydrogens (tertiary/aromatic N) is 2. The summed E-state index contributed by atoms with van der Waals surface area (Å²) in [4.78, 5) is 71.5. The lowest BCUT2D eigenvalue weighted by Crippen LogP contribution is -2.55. The number of amides is 3. The quantitative estimate of drug-likeness (QED) is 0.166. The van der Waals surface area contributed by atoms with Crippen LogP contribution < -0.4 is 10.6 Å². The number of Topliss-reactive ketones (excluding diaryl/α,β-unsaturated/α-hetero) is 1. The van der Waals surface area contributed by atoms with Gasteiger partial charge in [0.15, 0.2) is 5.78 Å². The second kappa shape index (κ2) is 22.1. The van der Waals surface area contributed by atoms with Crippen molar-refractivity contribution in [3.8, 4) is 0 Å². The van der Waals surface area contributed by atoms with Gasteiger partial charge in [-0.1, -0.05) is 85.2 Å². The van der Waals surface area contributed by atoms with Gasteiger partial charge >= 0.3 is 5.97 Å². The molecule has 1 fully saturated rings. The molecule has 0 radical (unpaired) electrons. The molecule has 0 bridgehead atoms. The van der Waals surface area contributed by atoms with Crippen molar-refractivity contribution < 1.29 is 38.2 Å². The number of carbonyl (C=O) groups excluding carboxylic acids is 5. The molecule has 2 N–H and O–H groups in total. The normalized spacial score (nSPS) is 19.1. The van der Waals surface area contributed by atoms with E-state index in [1.807, 2.05) is 65.0 Å². The molecule has 0 spiro atoms. The predicted molar refractivity (Wildman–Crippen MR) is 206 cm³/mol. The first-order valence-electron chi connectivity index (χ1n) is 19.3. The molecule has 1 aliphatic heterocycles. The number of hydrogen-bond donors (Lipinski definition) is 2. The summed E-state index contributed by atoms with van der Waals surface area (Å²) in [7, 11) is 7.91. The van der Waals surface area contributed by atoms with E-state index in [9.17, 15) is 24.0 Å². The number of nitrogens with one attached hydrogen (secondary N) is 2. The van der Waals surface area contributed by atoms with Crippen molar-refractivity contribution in [2.75, 3.05) is 42.0 Å².